The molecule has 1 saturated heterocycles. The predicted molar refractivity (Wildman–Crippen MR) is 109 cm³/mol. The Morgan fingerprint density at radius 3 is 2.83 bits per heavy atom. The fourth-order valence-corrected chi connectivity index (χ4v) is 4.13. The van der Waals surface area contributed by atoms with Crippen molar-refractivity contribution in [2.45, 2.75) is 25.2 Å². The highest BCUT2D eigenvalue weighted by Gasteiger charge is 2.26. The van der Waals surface area contributed by atoms with Crippen LogP contribution in [0.2, 0.25) is 5.02 Å². The van der Waals surface area contributed by atoms with Crippen LogP contribution in [0.4, 0.5) is 4.39 Å². The molecule has 1 N–H and O–H groups in total. The number of hydrogen-bond acceptors (Lipinski definition) is 3. The summed E-state index contributed by atoms with van der Waals surface area (Å²) in [6.07, 6.45) is 5.56. The summed E-state index contributed by atoms with van der Waals surface area (Å²) in [5.74, 6) is 0.911. The molecule has 1 aromatic carbocycles. The molecule has 148 valence electrons. The van der Waals surface area contributed by atoms with Gasteiger partial charge < -0.3 is 14.3 Å². The summed E-state index contributed by atoms with van der Waals surface area (Å²) in [4.78, 5) is 26.9. The molecular formula is C21H19ClFN5O. The van der Waals surface area contributed by atoms with Gasteiger partial charge >= 0.3 is 0 Å². The van der Waals surface area contributed by atoms with Crippen molar-refractivity contribution in [1.29, 1.82) is 0 Å². The number of likely N-dealkylation sites (tertiary alicyclic amines) is 1. The highest BCUT2D eigenvalue weighted by atomic mass is 35.5. The summed E-state index contributed by atoms with van der Waals surface area (Å²) in [5.41, 5.74) is 2.99. The molecule has 0 bridgehead atoms. The maximum atomic E-state index is 13.4. The van der Waals surface area contributed by atoms with E-state index in [1.54, 1.807) is 18.3 Å². The third kappa shape index (κ3) is 3.58. The molecular weight excluding hydrogens is 393 g/mol. The van der Waals surface area contributed by atoms with Gasteiger partial charge in [0.25, 0.3) is 0 Å². The molecule has 5 rings (SSSR count). The number of piperidine rings is 1. The number of fused-ring (bicyclic) bond motifs is 2. The van der Waals surface area contributed by atoms with Crippen molar-refractivity contribution in [3.05, 3.63) is 65.1 Å². The Hall–Kier alpha value is -2.93. The molecule has 1 aliphatic rings. The number of imidazole rings is 2. The van der Waals surface area contributed by atoms with Crippen molar-refractivity contribution in [3.8, 4) is 0 Å². The molecule has 6 nitrogen and oxygen atoms in total. The van der Waals surface area contributed by atoms with Crippen LogP contribution in [-0.2, 0) is 11.2 Å². The zero-order valence-electron chi connectivity index (χ0n) is 15.6. The number of carbonyl (C=O) groups is 1. The van der Waals surface area contributed by atoms with Crippen LogP contribution in [-0.4, -0.2) is 43.2 Å². The molecule has 4 heterocycles. The van der Waals surface area contributed by atoms with Gasteiger partial charge in [0.15, 0.2) is 0 Å². The molecule has 29 heavy (non-hydrogen) atoms. The van der Waals surface area contributed by atoms with Crippen molar-refractivity contribution >= 4 is 34.2 Å². The first-order chi connectivity index (χ1) is 14.0. The molecule has 4 aromatic rings. The molecule has 0 spiro atoms. The quantitative estimate of drug-likeness (QED) is 0.555. The second-order valence-electron chi connectivity index (χ2n) is 7.46. The lowest BCUT2D eigenvalue weighted by atomic mass is 9.96. The molecule has 0 aliphatic carbocycles. The molecule has 1 amide bonds. The van der Waals surface area contributed by atoms with Crippen molar-refractivity contribution in [3.63, 3.8) is 0 Å². The SMILES string of the molecule is O=C(Cc1cn2cc(Cl)ccc2n1)N1CCC(c2nc3ccc(F)cc3[nH]2)CC1. The standard InChI is InChI=1S/C21H19ClFN5O/c22-14-1-4-19-24-16(12-28(19)11-14)10-20(29)27-7-5-13(6-8-27)21-25-17-3-2-15(23)9-18(17)26-21/h1-4,9,11-13H,5-8,10H2,(H,25,26). The Labute approximate surface area is 171 Å². The van der Waals surface area contributed by atoms with Crippen LogP contribution < -0.4 is 0 Å². The number of amides is 1. The van der Waals surface area contributed by atoms with Gasteiger partial charge in [-0.05, 0) is 43.2 Å². The number of nitrogens with one attached hydrogen (secondary N) is 1. The van der Waals surface area contributed by atoms with Gasteiger partial charge in [-0.3, -0.25) is 4.79 Å². The van der Waals surface area contributed by atoms with Gasteiger partial charge in [0.2, 0.25) is 5.91 Å². The minimum Gasteiger partial charge on any atom is -0.342 e. The lowest BCUT2D eigenvalue weighted by molar-refractivity contribution is -0.131. The molecule has 0 unspecified atom stereocenters. The molecule has 1 aliphatic heterocycles. The third-order valence-corrected chi connectivity index (χ3v) is 5.72. The van der Waals surface area contributed by atoms with Crippen molar-refractivity contribution < 1.29 is 9.18 Å². The van der Waals surface area contributed by atoms with Crippen LogP contribution in [0.3, 0.4) is 0 Å². The van der Waals surface area contributed by atoms with Gasteiger partial charge in [0, 0.05) is 31.4 Å². The number of benzene rings is 1. The Morgan fingerprint density at radius 1 is 1.17 bits per heavy atom. The zero-order valence-corrected chi connectivity index (χ0v) is 16.4. The lowest BCUT2D eigenvalue weighted by Gasteiger charge is -2.31. The molecule has 3 aromatic heterocycles. The Kier molecular flexibility index (Phi) is 4.47. The van der Waals surface area contributed by atoms with Crippen LogP contribution in [0.25, 0.3) is 16.7 Å². The largest absolute Gasteiger partial charge is 0.342 e. The van der Waals surface area contributed by atoms with Gasteiger partial charge in [-0.15, -0.1) is 0 Å². The highest BCUT2D eigenvalue weighted by molar-refractivity contribution is 6.30. The first kappa shape index (κ1) is 18.1. The van der Waals surface area contributed by atoms with Gasteiger partial charge in [-0.2, -0.15) is 0 Å². The fourth-order valence-electron chi connectivity index (χ4n) is 3.97. The van der Waals surface area contributed by atoms with Crippen LogP contribution in [0, 0.1) is 5.82 Å². The smallest absolute Gasteiger partial charge is 0.228 e. The number of aromatic amines is 1. The predicted octanol–water partition coefficient (Wildman–Crippen LogP) is 3.95. The van der Waals surface area contributed by atoms with Crippen molar-refractivity contribution in [2.24, 2.45) is 0 Å². The first-order valence-electron chi connectivity index (χ1n) is 9.61. The van der Waals surface area contributed by atoms with Gasteiger partial charge in [-0.1, -0.05) is 11.6 Å². The normalized spacial score (nSPS) is 15.4. The van der Waals surface area contributed by atoms with E-state index in [9.17, 15) is 9.18 Å². The fraction of sp³-hybridized carbons (Fsp3) is 0.286. The number of H-pyrrole nitrogens is 1. The molecule has 1 fully saturated rings. The summed E-state index contributed by atoms with van der Waals surface area (Å²) in [6.45, 7) is 1.35. The first-order valence-corrected chi connectivity index (χ1v) is 9.99. The molecule has 0 saturated carbocycles. The van der Waals surface area contributed by atoms with E-state index in [1.165, 1.54) is 12.1 Å². The van der Waals surface area contributed by atoms with Crippen LogP contribution in [0.15, 0.2) is 42.7 Å². The number of pyridine rings is 1. The maximum Gasteiger partial charge on any atom is 0.228 e. The van der Waals surface area contributed by atoms with Gasteiger partial charge in [0.1, 0.15) is 17.3 Å². The molecule has 8 heteroatoms. The van der Waals surface area contributed by atoms with E-state index in [0.717, 1.165) is 35.5 Å². The topological polar surface area (TPSA) is 66.3 Å². The van der Waals surface area contributed by atoms with E-state index in [0.29, 0.717) is 23.6 Å². The number of nitrogens with zero attached hydrogens (tertiary/aromatic N) is 4. The minimum absolute atomic E-state index is 0.0737. The van der Waals surface area contributed by atoms with E-state index in [1.807, 2.05) is 21.6 Å². The average Bonchev–Trinajstić information content (AvgIpc) is 3.30. The number of carbonyl (C=O) groups excluding carboxylic acids is 1. The molecule has 0 radical (unpaired) electrons. The number of halogens is 2. The average molecular weight is 412 g/mol. The van der Waals surface area contributed by atoms with Gasteiger partial charge in [0.05, 0.1) is 28.2 Å². The van der Waals surface area contributed by atoms with E-state index in [4.69, 9.17) is 11.6 Å². The minimum atomic E-state index is -0.276. The van der Waals surface area contributed by atoms with E-state index in [-0.39, 0.29) is 24.1 Å². The van der Waals surface area contributed by atoms with E-state index < -0.39 is 0 Å². The Bertz CT molecular complexity index is 1210. The van der Waals surface area contributed by atoms with Crippen molar-refractivity contribution in [2.75, 3.05) is 13.1 Å². The van der Waals surface area contributed by atoms with E-state index >= 15 is 0 Å². The summed E-state index contributed by atoms with van der Waals surface area (Å²) in [7, 11) is 0. The second kappa shape index (κ2) is 7.15. The Morgan fingerprint density at radius 2 is 2.00 bits per heavy atom. The number of rotatable bonds is 3. The molecule has 0 atom stereocenters. The van der Waals surface area contributed by atoms with Crippen LogP contribution in [0.1, 0.15) is 30.3 Å². The van der Waals surface area contributed by atoms with E-state index in [2.05, 4.69) is 15.0 Å². The summed E-state index contributed by atoms with van der Waals surface area (Å²) in [6, 6.07) is 8.19. The summed E-state index contributed by atoms with van der Waals surface area (Å²) < 4.78 is 15.2. The zero-order chi connectivity index (χ0) is 20.0. The van der Waals surface area contributed by atoms with Gasteiger partial charge in [-0.25, -0.2) is 14.4 Å². The summed E-state index contributed by atoms with van der Waals surface area (Å²) in [5, 5.41) is 0.628. The number of hydrogen-bond donors (Lipinski definition) is 1. The third-order valence-electron chi connectivity index (χ3n) is 5.49. The Balaban J connectivity index is 1.23. The number of aromatic nitrogens is 4. The second-order valence-corrected chi connectivity index (χ2v) is 7.90. The van der Waals surface area contributed by atoms with Crippen LogP contribution >= 0.6 is 11.6 Å². The highest BCUT2D eigenvalue weighted by Crippen LogP contribution is 2.28. The van der Waals surface area contributed by atoms with Crippen molar-refractivity contribution in [1.82, 2.24) is 24.3 Å². The van der Waals surface area contributed by atoms with Crippen LogP contribution in [0.5, 0.6) is 0 Å². The lowest BCUT2D eigenvalue weighted by Crippen LogP contribution is -2.39. The summed E-state index contributed by atoms with van der Waals surface area (Å²) >= 11 is 6.00. The maximum absolute atomic E-state index is 13.4. The monoisotopic (exact) mass is 411 g/mol.